The Hall–Kier alpha value is -2.15. The van der Waals surface area contributed by atoms with Crippen LogP contribution in [-0.2, 0) is 4.79 Å². The molecule has 21 heavy (non-hydrogen) atoms. The number of benzene rings is 1. The Bertz CT molecular complexity index is 586. The van der Waals surface area contributed by atoms with Gasteiger partial charge in [-0.25, -0.2) is 4.99 Å². The van der Waals surface area contributed by atoms with Crippen LogP contribution in [0.2, 0.25) is 0 Å². The van der Waals surface area contributed by atoms with Crippen molar-refractivity contribution in [3.05, 3.63) is 36.5 Å². The lowest BCUT2D eigenvalue weighted by atomic mass is 10.3. The molecule has 7 heteroatoms. The fraction of sp³-hybridized carbons (Fsp3) is 0.286. The van der Waals surface area contributed by atoms with Gasteiger partial charge >= 0.3 is 0 Å². The van der Waals surface area contributed by atoms with E-state index in [9.17, 15) is 4.79 Å². The van der Waals surface area contributed by atoms with Gasteiger partial charge in [0.05, 0.1) is 12.8 Å². The van der Waals surface area contributed by atoms with Crippen LogP contribution >= 0.6 is 11.8 Å². The molecule has 112 valence electrons. The van der Waals surface area contributed by atoms with Gasteiger partial charge in [0.25, 0.3) is 0 Å². The predicted octanol–water partition coefficient (Wildman–Crippen LogP) is 1.49. The van der Waals surface area contributed by atoms with E-state index in [1.165, 1.54) is 11.8 Å². The summed E-state index contributed by atoms with van der Waals surface area (Å²) in [5, 5.41) is 0.210. The second-order valence-electron chi connectivity index (χ2n) is 4.62. The number of amides is 1. The number of hydrazine groups is 1. The van der Waals surface area contributed by atoms with Crippen molar-refractivity contribution in [1.29, 1.82) is 0 Å². The second kappa shape index (κ2) is 6.53. The molecule has 1 aliphatic heterocycles. The van der Waals surface area contributed by atoms with E-state index in [1.807, 2.05) is 24.3 Å². The van der Waals surface area contributed by atoms with Gasteiger partial charge in [-0.1, -0.05) is 24.4 Å². The van der Waals surface area contributed by atoms with Gasteiger partial charge in [0.1, 0.15) is 11.0 Å². The molecule has 0 spiro atoms. The number of nitrogens with zero attached hydrogens (tertiary/aromatic N) is 2. The van der Waals surface area contributed by atoms with Crippen LogP contribution in [0, 0.1) is 0 Å². The molecule has 1 aliphatic rings. The van der Waals surface area contributed by atoms with Crippen LogP contribution in [0.4, 0.5) is 5.69 Å². The first-order valence-electron chi connectivity index (χ1n) is 6.32. The lowest BCUT2D eigenvalue weighted by Crippen LogP contribution is -2.48. The highest BCUT2D eigenvalue weighted by molar-refractivity contribution is 8.15. The van der Waals surface area contributed by atoms with Crippen LogP contribution in [0.25, 0.3) is 0 Å². The van der Waals surface area contributed by atoms with E-state index in [-0.39, 0.29) is 5.91 Å². The fourth-order valence-electron chi connectivity index (χ4n) is 1.70. The summed E-state index contributed by atoms with van der Waals surface area (Å²) in [6.07, 6.45) is 0. The molecule has 0 saturated carbocycles. The molecule has 1 aromatic rings. The van der Waals surface area contributed by atoms with Crippen LogP contribution in [-0.4, -0.2) is 42.4 Å². The van der Waals surface area contributed by atoms with E-state index in [0.717, 1.165) is 11.4 Å². The predicted molar refractivity (Wildman–Crippen MR) is 85.6 cm³/mol. The van der Waals surface area contributed by atoms with Crippen molar-refractivity contribution >= 4 is 28.5 Å². The van der Waals surface area contributed by atoms with Crippen molar-refractivity contribution in [3.63, 3.8) is 0 Å². The van der Waals surface area contributed by atoms with E-state index in [4.69, 9.17) is 4.74 Å². The highest BCUT2D eigenvalue weighted by atomic mass is 32.2. The summed E-state index contributed by atoms with van der Waals surface area (Å²) in [5.74, 6) is 0.702. The normalized spacial score (nSPS) is 19.7. The molecule has 2 N–H and O–H groups in total. The molecule has 0 unspecified atom stereocenters. The Morgan fingerprint density at radius 3 is 2.86 bits per heavy atom. The zero-order valence-electron chi connectivity index (χ0n) is 12.2. The van der Waals surface area contributed by atoms with Crippen molar-refractivity contribution in [2.75, 3.05) is 21.2 Å². The molecule has 1 amide bonds. The molecular weight excluding hydrogens is 288 g/mol. The van der Waals surface area contributed by atoms with Crippen molar-refractivity contribution in [1.82, 2.24) is 15.8 Å². The van der Waals surface area contributed by atoms with E-state index < -0.39 is 5.25 Å². The first-order valence-corrected chi connectivity index (χ1v) is 7.20. The number of amidine groups is 1. The third kappa shape index (κ3) is 3.69. The second-order valence-corrected chi connectivity index (χ2v) is 5.72. The van der Waals surface area contributed by atoms with Gasteiger partial charge in [0, 0.05) is 25.9 Å². The minimum atomic E-state index is -0.398. The minimum absolute atomic E-state index is 0.0302. The molecule has 0 radical (unpaired) electrons. The van der Waals surface area contributed by atoms with Crippen molar-refractivity contribution < 1.29 is 9.53 Å². The minimum Gasteiger partial charge on any atom is -0.497 e. The number of hydrogen-bond acceptors (Lipinski definition) is 5. The van der Waals surface area contributed by atoms with Crippen LogP contribution in [0.1, 0.15) is 0 Å². The summed E-state index contributed by atoms with van der Waals surface area (Å²) in [7, 11) is 5.05. The van der Waals surface area contributed by atoms with Gasteiger partial charge in [-0.3, -0.25) is 10.2 Å². The summed E-state index contributed by atoms with van der Waals surface area (Å²) in [5.41, 5.74) is 7.18. The van der Waals surface area contributed by atoms with Gasteiger partial charge in [-0.05, 0) is 12.1 Å². The third-order valence-corrected chi connectivity index (χ3v) is 3.96. The Balaban J connectivity index is 2.18. The highest BCUT2D eigenvalue weighted by Crippen LogP contribution is 2.26. The molecule has 1 heterocycles. The van der Waals surface area contributed by atoms with Crippen molar-refractivity contribution in [2.45, 2.75) is 5.25 Å². The average Bonchev–Trinajstić information content (AvgIpc) is 2.48. The summed E-state index contributed by atoms with van der Waals surface area (Å²) in [6.45, 7) is 3.85. The summed E-state index contributed by atoms with van der Waals surface area (Å²) >= 11 is 1.33. The smallest absolute Gasteiger partial charge is 0.241 e. The van der Waals surface area contributed by atoms with Crippen molar-refractivity contribution in [2.24, 2.45) is 4.99 Å². The first-order chi connectivity index (χ1) is 10.0. The Morgan fingerprint density at radius 2 is 2.19 bits per heavy atom. The summed E-state index contributed by atoms with van der Waals surface area (Å²) in [4.78, 5) is 18.1. The Labute approximate surface area is 128 Å². The Kier molecular flexibility index (Phi) is 4.74. The number of aliphatic imine (C=N–C) groups is 1. The maximum absolute atomic E-state index is 12.1. The highest BCUT2D eigenvalue weighted by Gasteiger charge is 2.29. The zero-order chi connectivity index (χ0) is 15.4. The fourth-order valence-corrected chi connectivity index (χ4v) is 2.70. The largest absolute Gasteiger partial charge is 0.497 e. The average molecular weight is 306 g/mol. The first kappa shape index (κ1) is 15.2. The van der Waals surface area contributed by atoms with Crippen molar-refractivity contribution in [3.8, 4) is 5.75 Å². The number of carbonyl (C=O) groups is 1. The van der Waals surface area contributed by atoms with E-state index in [2.05, 4.69) is 22.4 Å². The van der Waals surface area contributed by atoms with E-state index in [1.54, 1.807) is 26.1 Å². The molecular formula is C14H18N4O2S. The molecule has 2 rings (SSSR count). The lowest BCUT2D eigenvalue weighted by molar-refractivity contribution is -0.127. The number of methoxy groups -OCH3 is 1. The summed E-state index contributed by atoms with van der Waals surface area (Å²) < 4.78 is 5.16. The molecule has 0 aliphatic carbocycles. The van der Waals surface area contributed by atoms with E-state index >= 15 is 0 Å². The molecule has 6 nitrogen and oxygen atoms in total. The van der Waals surface area contributed by atoms with Gasteiger partial charge in [0.2, 0.25) is 5.91 Å². The topological polar surface area (TPSA) is 66.0 Å². The monoisotopic (exact) mass is 306 g/mol. The van der Waals surface area contributed by atoms with Crippen LogP contribution in [0.15, 0.2) is 41.5 Å². The molecule has 1 atom stereocenters. The molecule has 1 fully saturated rings. The van der Waals surface area contributed by atoms with Crippen LogP contribution in [0.3, 0.4) is 0 Å². The van der Waals surface area contributed by atoms with Crippen LogP contribution in [0.5, 0.6) is 5.75 Å². The number of ether oxygens (including phenoxy) is 1. The maximum atomic E-state index is 12.1. The molecule has 0 bridgehead atoms. The van der Waals surface area contributed by atoms with Gasteiger partial charge in [-0.15, -0.1) is 0 Å². The maximum Gasteiger partial charge on any atom is 0.241 e. The number of thioether (sulfide) groups is 1. The zero-order valence-corrected chi connectivity index (χ0v) is 13.0. The van der Waals surface area contributed by atoms with Gasteiger partial charge < -0.3 is 15.1 Å². The Morgan fingerprint density at radius 1 is 1.43 bits per heavy atom. The van der Waals surface area contributed by atoms with Gasteiger partial charge in [0.15, 0.2) is 5.17 Å². The number of carbonyl (C=O) groups excluding carboxylic acids is 1. The van der Waals surface area contributed by atoms with E-state index in [0.29, 0.717) is 10.9 Å². The standard InChI is InChI=1S/C14H18N4O2S/c1-9-12(13(19)18(2)3)21-14(17-16-9)15-10-6-5-7-11(8-10)20-4/h5-8,12,16H,1H2,2-4H3,(H,15,17)/t12-/m1/s1. The molecule has 0 aromatic heterocycles. The quantitative estimate of drug-likeness (QED) is 0.886. The van der Waals surface area contributed by atoms with Gasteiger partial charge in [-0.2, -0.15) is 0 Å². The number of hydrogen-bond donors (Lipinski definition) is 2. The lowest BCUT2D eigenvalue weighted by Gasteiger charge is -2.28. The SMILES string of the molecule is C=C1NNC(=Nc2cccc(OC)c2)S[C@H]1C(=O)N(C)C. The molecule has 1 aromatic carbocycles. The summed E-state index contributed by atoms with van der Waals surface area (Å²) in [6, 6.07) is 7.40. The molecule has 1 saturated heterocycles. The van der Waals surface area contributed by atoms with Crippen LogP contribution < -0.4 is 15.6 Å². The number of nitrogens with one attached hydrogen (secondary N) is 2. The number of rotatable bonds is 3. The third-order valence-electron chi connectivity index (χ3n) is 2.82.